The molecule has 0 aromatic rings. The van der Waals surface area contributed by atoms with Crippen molar-refractivity contribution in [2.75, 3.05) is 6.61 Å². The van der Waals surface area contributed by atoms with E-state index in [1.807, 2.05) is 6.23 Å². The number of hydrogen-bond donors (Lipinski definition) is 0. The van der Waals surface area contributed by atoms with Gasteiger partial charge in [0.15, 0.2) is 8.32 Å². The monoisotopic (exact) mass is 219 g/mol. The van der Waals surface area contributed by atoms with Gasteiger partial charge in [-0.1, -0.05) is 6.92 Å². The topological polar surface area (TPSA) is 18.5 Å². The molecule has 0 aromatic carbocycles. The first kappa shape index (κ1) is 13.4. The van der Waals surface area contributed by atoms with E-state index in [1.54, 1.807) is 0 Å². The zero-order chi connectivity index (χ0) is 10.5. The van der Waals surface area contributed by atoms with Crippen molar-refractivity contribution in [3.05, 3.63) is 6.23 Å². The lowest BCUT2D eigenvalue weighted by molar-refractivity contribution is 0.216. The van der Waals surface area contributed by atoms with E-state index >= 15 is 0 Å². The highest BCUT2D eigenvalue weighted by Gasteiger charge is 2.30. The molecule has 0 spiro atoms. The third-order valence-corrected chi connectivity index (χ3v) is 6.55. The van der Waals surface area contributed by atoms with E-state index in [0.717, 1.165) is 13.0 Å². The fourth-order valence-corrected chi connectivity index (χ4v) is 8.22. The standard InChI is InChI=1S/C9H23O2Si2/c1-7-8-10-9-13(5,6)11-12(2,3)4/h9H,7-8H2,1-6H3. The zero-order valence-corrected chi connectivity index (χ0v) is 11.8. The van der Waals surface area contributed by atoms with Gasteiger partial charge in [0.05, 0.1) is 0 Å². The maximum atomic E-state index is 6.07. The molecule has 0 aromatic heterocycles. The van der Waals surface area contributed by atoms with Gasteiger partial charge >= 0.3 is 0 Å². The lowest BCUT2D eigenvalue weighted by atomic mass is 10.5. The van der Waals surface area contributed by atoms with Crippen LogP contribution in [0.25, 0.3) is 0 Å². The molecule has 0 heterocycles. The number of ether oxygens (including phenoxy) is 1. The van der Waals surface area contributed by atoms with Gasteiger partial charge in [0, 0.05) is 6.61 Å². The largest absolute Gasteiger partial charge is 0.454 e. The fourth-order valence-electron chi connectivity index (χ4n) is 1.19. The third kappa shape index (κ3) is 8.68. The van der Waals surface area contributed by atoms with E-state index in [-0.39, 0.29) is 0 Å². The van der Waals surface area contributed by atoms with E-state index < -0.39 is 16.6 Å². The maximum absolute atomic E-state index is 6.07. The Kier molecular flexibility index (Phi) is 5.43. The van der Waals surface area contributed by atoms with Crippen LogP contribution in [-0.2, 0) is 8.85 Å². The molecule has 13 heavy (non-hydrogen) atoms. The summed E-state index contributed by atoms with van der Waals surface area (Å²) < 4.78 is 11.5. The molecule has 0 amide bonds. The third-order valence-electron chi connectivity index (χ3n) is 1.26. The van der Waals surface area contributed by atoms with Crippen LogP contribution in [0.1, 0.15) is 13.3 Å². The van der Waals surface area contributed by atoms with Gasteiger partial charge in [-0.15, -0.1) is 0 Å². The predicted octanol–water partition coefficient (Wildman–Crippen LogP) is 3.17. The van der Waals surface area contributed by atoms with Crippen LogP contribution >= 0.6 is 0 Å². The van der Waals surface area contributed by atoms with Gasteiger partial charge in [0.2, 0.25) is 8.32 Å². The van der Waals surface area contributed by atoms with Gasteiger partial charge < -0.3 is 8.85 Å². The molecule has 0 bridgehead atoms. The molecule has 0 rings (SSSR count). The SMILES string of the molecule is CCCO[CH][Si](C)(C)O[Si](C)(C)C. The summed E-state index contributed by atoms with van der Waals surface area (Å²) in [5.41, 5.74) is 0. The van der Waals surface area contributed by atoms with Crippen LogP contribution in [0.2, 0.25) is 32.7 Å². The van der Waals surface area contributed by atoms with Crippen LogP contribution < -0.4 is 0 Å². The molecular weight excluding hydrogens is 196 g/mol. The molecule has 1 radical (unpaired) electrons. The van der Waals surface area contributed by atoms with Crippen LogP contribution in [0.5, 0.6) is 0 Å². The van der Waals surface area contributed by atoms with Gasteiger partial charge in [-0.05, 0) is 39.2 Å². The summed E-state index contributed by atoms with van der Waals surface area (Å²) in [4.78, 5) is 0. The molecule has 2 nitrogen and oxygen atoms in total. The van der Waals surface area contributed by atoms with Crippen molar-refractivity contribution >= 4 is 16.6 Å². The number of rotatable bonds is 6. The fraction of sp³-hybridized carbons (Fsp3) is 0.889. The second kappa shape index (κ2) is 5.29. The second-order valence-corrected chi connectivity index (χ2v) is 13.3. The molecular formula is C9H23O2Si2. The van der Waals surface area contributed by atoms with Crippen molar-refractivity contribution in [1.29, 1.82) is 0 Å². The maximum Gasteiger partial charge on any atom is 0.205 e. The Balaban J connectivity index is 3.80. The predicted molar refractivity (Wildman–Crippen MR) is 62.5 cm³/mol. The van der Waals surface area contributed by atoms with Crippen LogP contribution in [0.15, 0.2) is 0 Å². The van der Waals surface area contributed by atoms with E-state index in [9.17, 15) is 0 Å². The summed E-state index contributed by atoms with van der Waals surface area (Å²) >= 11 is 0. The van der Waals surface area contributed by atoms with Crippen molar-refractivity contribution in [2.24, 2.45) is 0 Å². The Morgan fingerprint density at radius 3 is 2.00 bits per heavy atom. The van der Waals surface area contributed by atoms with Crippen molar-refractivity contribution < 1.29 is 8.85 Å². The highest BCUT2D eigenvalue weighted by atomic mass is 28.4. The van der Waals surface area contributed by atoms with Crippen LogP contribution in [0.4, 0.5) is 0 Å². The summed E-state index contributed by atoms with van der Waals surface area (Å²) in [5.74, 6) is 0. The minimum atomic E-state index is -1.66. The first-order valence-corrected chi connectivity index (χ1v) is 11.3. The van der Waals surface area contributed by atoms with Crippen molar-refractivity contribution in [2.45, 2.75) is 46.1 Å². The summed E-state index contributed by atoms with van der Waals surface area (Å²) in [6.45, 7) is 13.9. The molecule has 4 heteroatoms. The highest BCUT2D eigenvalue weighted by molar-refractivity contribution is 6.85. The zero-order valence-electron chi connectivity index (χ0n) is 9.81. The van der Waals surface area contributed by atoms with E-state index in [1.165, 1.54) is 0 Å². The Bertz CT molecular complexity index is 141. The Hall–Kier alpha value is 0.354. The average molecular weight is 219 g/mol. The molecule has 0 N–H and O–H groups in total. The van der Waals surface area contributed by atoms with E-state index in [4.69, 9.17) is 8.85 Å². The number of hydrogen-bond acceptors (Lipinski definition) is 2. The van der Waals surface area contributed by atoms with Gasteiger partial charge in [-0.3, -0.25) is 0 Å². The quantitative estimate of drug-likeness (QED) is 0.505. The second-order valence-electron chi connectivity index (χ2n) is 4.81. The van der Waals surface area contributed by atoms with Crippen molar-refractivity contribution in [3.8, 4) is 0 Å². The molecule has 0 aliphatic rings. The van der Waals surface area contributed by atoms with Gasteiger partial charge in [-0.25, -0.2) is 0 Å². The minimum absolute atomic E-state index is 0.811. The van der Waals surface area contributed by atoms with Gasteiger partial charge in [0.1, 0.15) is 6.23 Å². The summed E-state index contributed by atoms with van der Waals surface area (Å²) in [6.07, 6.45) is 3.02. The van der Waals surface area contributed by atoms with E-state index in [0.29, 0.717) is 0 Å². The molecule has 0 saturated carbocycles. The molecule has 0 aliphatic heterocycles. The highest BCUT2D eigenvalue weighted by Crippen LogP contribution is 2.16. The van der Waals surface area contributed by atoms with Gasteiger partial charge in [-0.2, -0.15) is 0 Å². The van der Waals surface area contributed by atoms with Crippen LogP contribution in [-0.4, -0.2) is 23.2 Å². The Labute approximate surface area is 84.9 Å². The molecule has 0 saturated heterocycles. The van der Waals surface area contributed by atoms with Crippen molar-refractivity contribution in [3.63, 3.8) is 0 Å². The molecule has 0 unspecified atom stereocenters. The molecule has 0 aliphatic carbocycles. The lowest BCUT2D eigenvalue weighted by Crippen LogP contribution is -2.43. The van der Waals surface area contributed by atoms with Crippen LogP contribution in [0, 0.1) is 6.23 Å². The first-order valence-electron chi connectivity index (χ1n) is 4.93. The van der Waals surface area contributed by atoms with Gasteiger partial charge in [0.25, 0.3) is 0 Å². The first-order chi connectivity index (χ1) is 5.77. The molecule has 79 valence electrons. The van der Waals surface area contributed by atoms with Crippen LogP contribution in [0.3, 0.4) is 0 Å². The van der Waals surface area contributed by atoms with Crippen molar-refractivity contribution in [1.82, 2.24) is 0 Å². The summed E-state index contributed by atoms with van der Waals surface area (Å²) in [7, 11) is -3.06. The Morgan fingerprint density at radius 1 is 1.08 bits per heavy atom. The average Bonchev–Trinajstić information content (AvgIpc) is 1.81. The van der Waals surface area contributed by atoms with E-state index in [2.05, 4.69) is 39.7 Å². The summed E-state index contributed by atoms with van der Waals surface area (Å²) in [5, 5.41) is 0. The smallest absolute Gasteiger partial charge is 0.205 e. The summed E-state index contributed by atoms with van der Waals surface area (Å²) in [6, 6.07) is 0. The normalized spacial score (nSPS) is 13.4. The minimum Gasteiger partial charge on any atom is -0.454 e. The molecule has 0 atom stereocenters. The Morgan fingerprint density at radius 2 is 1.62 bits per heavy atom. The lowest BCUT2D eigenvalue weighted by Gasteiger charge is -2.30. The molecule has 0 fully saturated rings.